The number of likely N-dealkylation sites (tertiary alicyclic amines) is 1. The summed E-state index contributed by atoms with van der Waals surface area (Å²) in [5.74, 6) is -0.752. The molecule has 2 saturated heterocycles. The van der Waals surface area contributed by atoms with Crippen LogP contribution in [0.2, 0.25) is 0 Å². The van der Waals surface area contributed by atoms with E-state index in [0.717, 1.165) is 56.4 Å². The van der Waals surface area contributed by atoms with E-state index in [9.17, 15) is 19.2 Å². The molecule has 220 valence electrons. The number of benzene rings is 1. The molecule has 2 aliphatic heterocycles. The molecular weight excluding hydrogens is 516 g/mol. The second-order valence-corrected chi connectivity index (χ2v) is 10.1. The van der Waals surface area contributed by atoms with Gasteiger partial charge in [-0.15, -0.1) is 0 Å². The fourth-order valence-electron chi connectivity index (χ4n) is 3.69. The van der Waals surface area contributed by atoms with Crippen LogP contribution in [-0.4, -0.2) is 86.9 Å². The largest absolute Gasteiger partial charge is 0.456 e. The smallest absolute Gasteiger partial charge is 0.410 e. The number of ether oxygens (including phenoxy) is 3. The van der Waals surface area contributed by atoms with Gasteiger partial charge in [-0.2, -0.15) is 0 Å². The number of esters is 1. The molecule has 2 fully saturated rings. The minimum atomic E-state index is -0.372. The first kappa shape index (κ1) is 34.4. The normalized spacial score (nSPS) is 16.6. The average Bonchev–Trinajstić information content (AvgIpc) is 3.66. The third kappa shape index (κ3) is 14.5. The van der Waals surface area contributed by atoms with Crippen LogP contribution >= 0.6 is 0 Å². The highest BCUT2D eigenvalue weighted by Gasteiger charge is 2.24. The van der Waals surface area contributed by atoms with Gasteiger partial charge in [0.25, 0.3) is 0 Å². The summed E-state index contributed by atoms with van der Waals surface area (Å²) in [5, 5.41) is 3.03. The fraction of sp³-hybridized carbons (Fsp3) is 0.500. The van der Waals surface area contributed by atoms with Crippen molar-refractivity contribution in [3.05, 3.63) is 47.5 Å². The molecule has 1 aromatic rings. The van der Waals surface area contributed by atoms with Crippen molar-refractivity contribution < 1.29 is 38.2 Å². The lowest BCUT2D eigenvalue weighted by Gasteiger charge is -2.23. The van der Waals surface area contributed by atoms with Gasteiger partial charge in [0.05, 0.1) is 0 Å². The summed E-state index contributed by atoms with van der Waals surface area (Å²) in [6, 6.07) is 7.05. The summed E-state index contributed by atoms with van der Waals surface area (Å²) >= 11 is 0. The molecule has 2 heterocycles. The molecule has 40 heavy (non-hydrogen) atoms. The van der Waals surface area contributed by atoms with Crippen LogP contribution in [-0.2, 0) is 33.4 Å². The number of hydrogen-bond acceptors (Lipinski definition) is 9. The van der Waals surface area contributed by atoms with Gasteiger partial charge in [-0.05, 0) is 76.3 Å². The molecule has 10 nitrogen and oxygen atoms in total. The molecule has 0 radical (unpaired) electrons. The lowest BCUT2D eigenvalue weighted by atomic mass is 10.1. The van der Waals surface area contributed by atoms with Crippen LogP contribution < -0.4 is 5.32 Å². The van der Waals surface area contributed by atoms with Crippen LogP contribution in [0.1, 0.15) is 57.6 Å². The topological polar surface area (TPSA) is 128 Å². The number of nitrogens with one attached hydrogen (secondary N) is 1. The maximum absolute atomic E-state index is 11.8. The Balaban J connectivity index is 0.000000477. The van der Waals surface area contributed by atoms with Crippen molar-refractivity contribution in [1.82, 2.24) is 10.2 Å². The van der Waals surface area contributed by atoms with Gasteiger partial charge in [0, 0.05) is 20.2 Å². The maximum Gasteiger partial charge on any atom is 0.410 e. The molecule has 1 aromatic carbocycles. The van der Waals surface area contributed by atoms with Crippen LogP contribution in [0.5, 0.6) is 0 Å². The second kappa shape index (κ2) is 18.6. The van der Waals surface area contributed by atoms with Crippen molar-refractivity contribution >= 4 is 42.6 Å². The summed E-state index contributed by atoms with van der Waals surface area (Å²) < 4.78 is 15.0. The van der Waals surface area contributed by atoms with Crippen LogP contribution in [0, 0.1) is 0 Å². The van der Waals surface area contributed by atoms with Crippen molar-refractivity contribution in [3.8, 4) is 0 Å². The number of carbonyl (C=O) groups is 5. The molecule has 2 aliphatic rings. The first-order chi connectivity index (χ1) is 19.1. The molecule has 3 rings (SSSR count). The Morgan fingerprint density at radius 3 is 1.90 bits per heavy atom. The van der Waals surface area contributed by atoms with E-state index in [-0.39, 0.29) is 48.5 Å². The van der Waals surface area contributed by atoms with E-state index in [1.807, 2.05) is 51.8 Å². The number of nitrogens with zero attached hydrogens (tertiary/aromatic N) is 1. The van der Waals surface area contributed by atoms with E-state index in [1.165, 1.54) is 19.3 Å². The zero-order chi connectivity index (χ0) is 30.0. The quantitative estimate of drug-likeness (QED) is 0.357. The lowest BCUT2D eigenvalue weighted by molar-refractivity contribution is -0.148. The predicted molar refractivity (Wildman–Crippen MR) is 153 cm³/mol. The first-order valence-corrected chi connectivity index (χ1v) is 13.2. The minimum Gasteiger partial charge on any atom is -0.456 e. The number of ketones is 2. The highest BCUT2D eigenvalue weighted by atomic mass is 16.6. The van der Waals surface area contributed by atoms with Gasteiger partial charge in [-0.1, -0.05) is 36.4 Å². The van der Waals surface area contributed by atoms with E-state index in [4.69, 9.17) is 19.0 Å². The molecule has 10 heteroatoms. The fourth-order valence-corrected chi connectivity index (χ4v) is 3.69. The third-order valence-corrected chi connectivity index (χ3v) is 5.61. The standard InChI is InChI=1S/C20H23NO5.C9H17NO2.CH2O/c1-25-13-17(22)10-8-15-4-6-16(7-5-15)9-11-18(23)14-26-20(24)19-3-2-12-21-19;1-9(2,3)12-8(11)10-6-4-5-7-10;1-2/h4-11,19,21H,2-3,12-14H2,1H3;4-7H2,1-3H3;1H2/b10-8+,11-9+;;/t19-;;/m0../s1. The Labute approximate surface area is 236 Å². The molecule has 0 spiro atoms. The molecule has 0 aromatic heterocycles. The molecule has 1 atom stereocenters. The number of methoxy groups -OCH3 is 1. The Morgan fingerprint density at radius 2 is 1.45 bits per heavy atom. The van der Waals surface area contributed by atoms with E-state index >= 15 is 0 Å². The predicted octanol–water partition coefficient (Wildman–Crippen LogP) is 3.63. The van der Waals surface area contributed by atoms with Gasteiger partial charge in [-0.25, -0.2) is 4.79 Å². The van der Waals surface area contributed by atoms with Crippen molar-refractivity contribution in [2.24, 2.45) is 0 Å². The van der Waals surface area contributed by atoms with Crippen LogP contribution in [0.15, 0.2) is 36.4 Å². The molecular formula is C30H42N2O8. The highest BCUT2D eigenvalue weighted by Crippen LogP contribution is 2.14. The Hall–Kier alpha value is -3.63. The molecule has 0 saturated carbocycles. The van der Waals surface area contributed by atoms with Gasteiger partial charge < -0.3 is 29.2 Å². The SMILES string of the molecule is C=O.CC(C)(C)OC(=O)N1CCCC1.COCC(=O)/C=C/c1ccc(/C=C/C(=O)COC(=O)[C@@H]2CCCN2)cc1. The maximum atomic E-state index is 11.8. The molecule has 0 bridgehead atoms. The third-order valence-electron chi connectivity index (χ3n) is 5.61. The van der Waals surface area contributed by atoms with Gasteiger partial charge in [0.15, 0.2) is 18.2 Å². The number of amides is 1. The summed E-state index contributed by atoms with van der Waals surface area (Å²) in [7, 11) is 1.47. The zero-order valence-corrected chi connectivity index (χ0v) is 24.0. The molecule has 0 aliphatic carbocycles. The Morgan fingerprint density at radius 1 is 0.925 bits per heavy atom. The summed E-state index contributed by atoms with van der Waals surface area (Å²) in [4.78, 5) is 56.0. The number of carbonyl (C=O) groups excluding carboxylic acids is 5. The van der Waals surface area contributed by atoms with Gasteiger partial charge in [0.1, 0.15) is 25.0 Å². The van der Waals surface area contributed by atoms with Crippen molar-refractivity contribution in [3.63, 3.8) is 0 Å². The van der Waals surface area contributed by atoms with Crippen LogP contribution in [0.4, 0.5) is 4.79 Å². The van der Waals surface area contributed by atoms with E-state index in [2.05, 4.69) is 5.32 Å². The molecule has 0 unspecified atom stereocenters. The van der Waals surface area contributed by atoms with Gasteiger partial charge in [0.2, 0.25) is 0 Å². The Kier molecular flexibility index (Phi) is 16.0. The van der Waals surface area contributed by atoms with Crippen LogP contribution in [0.3, 0.4) is 0 Å². The van der Waals surface area contributed by atoms with E-state index in [0.29, 0.717) is 0 Å². The van der Waals surface area contributed by atoms with Gasteiger partial charge in [-0.3, -0.25) is 14.4 Å². The number of hydrogen-bond donors (Lipinski definition) is 1. The van der Waals surface area contributed by atoms with Crippen molar-refractivity contribution in [1.29, 1.82) is 0 Å². The second-order valence-electron chi connectivity index (χ2n) is 10.1. The minimum absolute atomic E-state index is 0.0564. The summed E-state index contributed by atoms with van der Waals surface area (Å²) in [5.41, 5.74) is 1.35. The van der Waals surface area contributed by atoms with E-state index < -0.39 is 0 Å². The first-order valence-electron chi connectivity index (χ1n) is 13.2. The van der Waals surface area contributed by atoms with Crippen molar-refractivity contribution in [2.45, 2.75) is 58.1 Å². The molecule has 1 amide bonds. The van der Waals surface area contributed by atoms with Crippen LogP contribution in [0.25, 0.3) is 12.2 Å². The summed E-state index contributed by atoms with van der Waals surface area (Å²) in [6.45, 7) is 9.99. The Bertz CT molecular complexity index is 1000. The van der Waals surface area contributed by atoms with Crippen molar-refractivity contribution in [2.75, 3.05) is 40.0 Å². The molecule has 1 N–H and O–H groups in total. The lowest BCUT2D eigenvalue weighted by Crippen LogP contribution is -2.34. The monoisotopic (exact) mass is 558 g/mol. The zero-order valence-electron chi connectivity index (χ0n) is 24.0. The average molecular weight is 559 g/mol. The summed E-state index contributed by atoms with van der Waals surface area (Å²) in [6.07, 6.45) is 9.97. The van der Waals surface area contributed by atoms with Gasteiger partial charge >= 0.3 is 12.1 Å². The number of rotatable bonds is 9. The van der Waals surface area contributed by atoms with E-state index in [1.54, 1.807) is 17.1 Å². The highest BCUT2D eigenvalue weighted by molar-refractivity contribution is 5.96.